The first-order valence-electron chi connectivity index (χ1n) is 9.64. The number of benzene rings is 2. The van der Waals surface area contributed by atoms with Crippen molar-refractivity contribution in [3.63, 3.8) is 0 Å². The van der Waals surface area contributed by atoms with Gasteiger partial charge in [0.2, 0.25) is 0 Å². The summed E-state index contributed by atoms with van der Waals surface area (Å²) in [6.45, 7) is 3.97. The van der Waals surface area contributed by atoms with E-state index in [-0.39, 0.29) is 6.61 Å². The molecule has 0 aromatic heterocycles. The number of thioether (sulfide) groups is 1. The van der Waals surface area contributed by atoms with Crippen molar-refractivity contribution in [3.8, 4) is 5.75 Å². The Labute approximate surface area is 180 Å². The van der Waals surface area contributed by atoms with Crippen LogP contribution in [0.5, 0.6) is 5.75 Å². The average Bonchev–Trinajstić information content (AvgIpc) is 2.70. The van der Waals surface area contributed by atoms with Crippen molar-refractivity contribution in [2.75, 3.05) is 6.61 Å². The van der Waals surface area contributed by atoms with Crippen LogP contribution in [-0.2, 0) is 6.42 Å². The Bertz CT molecular complexity index is 811. The average molecular weight is 439 g/mol. The Balaban J connectivity index is 1.81. The predicted octanol–water partition coefficient (Wildman–Crippen LogP) is 2.95. The molecule has 2 aromatic rings. The van der Waals surface area contributed by atoms with E-state index in [9.17, 15) is 20.4 Å². The summed E-state index contributed by atoms with van der Waals surface area (Å²) in [7, 11) is 0. The van der Waals surface area contributed by atoms with Crippen molar-refractivity contribution >= 4 is 23.4 Å². The van der Waals surface area contributed by atoms with E-state index in [1.807, 2.05) is 6.07 Å². The minimum absolute atomic E-state index is 0.328. The Morgan fingerprint density at radius 1 is 1.00 bits per heavy atom. The monoisotopic (exact) mass is 438 g/mol. The van der Waals surface area contributed by atoms with Gasteiger partial charge in [-0.25, -0.2) is 0 Å². The molecule has 0 radical (unpaired) electrons. The summed E-state index contributed by atoms with van der Waals surface area (Å²) in [5, 5.41) is 39.8. The Morgan fingerprint density at radius 2 is 1.69 bits per heavy atom. The molecule has 0 aliphatic carbocycles. The van der Waals surface area contributed by atoms with Crippen molar-refractivity contribution in [3.05, 3.63) is 64.2 Å². The molecule has 7 heteroatoms. The molecule has 5 unspecified atom stereocenters. The molecule has 0 amide bonds. The molecule has 158 valence electrons. The van der Waals surface area contributed by atoms with Gasteiger partial charge in [-0.15, -0.1) is 11.8 Å². The van der Waals surface area contributed by atoms with Crippen molar-refractivity contribution < 1.29 is 25.2 Å². The maximum Gasteiger partial charge on any atom is 0.173 e. The topological polar surface area (TPSA) is 90.2 Å². The molecule has 0 saturated carbocycles. The highest BCUT2D eigenvalue weighted by Gasteiger charge is 2.44. The summed E-state index contributed by atoms with van der Waals surface area (Å²) in [6, 6.07) is 13.6. The third kappa shape index (κ3) is 5.26. The van der Waals surface area contributed by atoms with Crippen LogP contribution in [0.3, 0.4) is 0 Å². The van der Waals surface area contributed by atoms with Crippen LogP contribution in [0.15, 0.2) is 42.5 Å². The summed E-state index contributed by atoms with van der Waals surface area (Å²) in [5.41, 5.74) is 2.39. The van der Waals surface area contributed by atoms with Gasteiger partial charge in [-0.2, -0.15) is 0 Å². The molecule has 3 rings (SSSR count). The molecule has 1 saturated heterocycles. The largest absolute Gasteiger partial charge is 0.477 e. The van der Waals surface area contributed by atoms with Gasteiger partial charge in [-0.3, -0.25) is 0 Å². The SMILES string of the molecule is CC(C)c1ccc(Cc2cc(Cl)ccc2OC2SC(CO)C(O)C(O)C2O)cc1. The molecule has 0 spiro atoms. The number of halogens is 1. The lowest BCUT2D eigenvalue weighted by Gasteiger charge is -2.39. The second-order valence-corrected chi connectivity index (χ2v) is 9.42. The Kier molecular flexibility index (Phi) is 7.48. The van der Waals surface area contributed by atoms with Crippen LogP contribution >= 0.6 is 23.4 Å². The zero-order valence-electron chi connectivity index (χ0n) is 16.4. The molecule has 1 heterocycles. The van der Waals surface area contributed by atoms with E-state index >= 15 is 0 Å². The maximum absolute atomic E-state index is 10.3. The lowest BCUT2D eigenvalue weighted by molar-refractivity contribution is -0.0910. The fourth-order valence-electron chi connectivity index (χ4n) is 3.33. The molecule has 1 aliphatic heterocycles. The molecule has 2 aromatic carbocycles. The summed E-state index contributed by atoms with van der Waals surface area (Å²) in [5.74, 6) is 0.999. The minimum Gasteiger partial charge on any atom is -0.477 e. The van der Waals surface area contributed by atoms with Crippen LogP contribution in [0.4, 0.5) is 0 Å². The first kappa shape index (κ1) is 22.4. The number of hydrogen-bond donors (Lipinski definition) is 4. The smallest absolute Gasteiger partial charge is 0.173 e. The van der Waals surface area contributed by atoms with Crippen molar-refractivity contribution in [2.24, 2.45) is 0 Å². The van der Waals surface area contributed by atoms with E-state index < -0.39 is 29.0 Å². The molecule has 29 heavy (non-hydrogen) atoms. The highest BCUT2D eigenvalue weighted by molar-refractivity contribution is 8.00. The lowest BCUT2D eigenvalue weighted by atomic mass is 9.98. The zero-order chi connectivity index (χ0) is 21.1. The lowest BCUT2D eigenvalue weighted by Crippen LogP contribution is -2.55. The summed E-state index contributed by atoms with van der Waals surface area (Å²) < 4.78 is 6.01. The quantitative estimate of drug-likeness (QED) is 0.554. The Hall–Kier alpha value is -1.28. The van der Waals surface area contributed by atoms with Crippen LogP contribution in [0, 0.1) is 0 Å². The van der Waals surface area contributed by atoms with Gasteiger partial charge in [-0.05, 0) is 35.2 Å². The highest BCUT2D eigenvalue weighted by Crippen LogP contribution is 2.36. The van der Waals surface area contributed by atoms with Gasteiger partial charge in [0.25, 0.3) is 0 Å². The van der Waals surface area contributed by atoms with Gasteiger partial charge in [0.1, 0.15) is 18.0 Å². The van der Waals surface area contributed by atoms with Crippen molar-refractivity contribution in [1.29, 1.82) is 0 Å². The number of hydrogen-bond acceptors (Lipinski definition) is 6. The first-order chi connectivity index (χ1) is 13.8. The molecule has 0 bridgehead atoms. The van der Waals surface area contributed by atoms with E-state index in [1.165, 1.54) is 5.56 Å². The van der Waals surface area contributed by atoms with E-state index in [4.69, 9.17) is 16.3 Å². The van der Waals surface area contributed by atoms with Crippen molar-refractivity contribution in [1.82, 2.24) is 0 Å². The highest BCUT2D eigenvalue weighted by atomic mass is 35.5. The first-order valence-corrected chi connectivity index (χ1v) is 11.0. The van der Waals surface area contributed by atoms with Gasteiger partial charge < -0.3 is 25.2 Å². The number of aliphatic hydroxyl groups is 4. The van der Waals surface area contributed by atoms with Gasteiger partial charge in [0.05, 0.1) is 18.0 Å². The van der Waals surface area contributed by atoms with Crippen LogP contribution < -0.4 is 4.74 Å². The standard InChI is InChI=1S/C22H27ClO5S/c1-12(2)14-5-3-13(4-6-14)9-15-10-16(23)7-8-17(15)28-22-21(27)20(26)19(25)18(11-24)29-22/h3-8,10,12,18-22,24-27H,9,11H2,1-2H3. The summed E-state index contributed by atoms with van der Waals surface area (Å²) >= 11 is 7.30. The third-order valence-corrected chi connectivity index (χ3v) is 6.81. The fraction of sp³-hybridized carbons (Fsp3) is 0.455. The van der Waals surface area contributed by atoms with E-state index in [0.717, 1.165) is 22.9 Å². The number of aliphatic hydroxyl groups excluding tert-OH is 4. The molecule has 1 aliphatic rings. The van der Waals surface area contributed by atoms with E-state index in [1.54, 1.807) is 12.1 Å². The van der Waals surface area contributed by atoms with E-state index in [2.05, 4.69) is 38.1 Å². The molecular formula is C22H27ClO5S. The van der Waals surface area contributed by atoms with Gasteiger partial charge in [-0.1, -0.05) is 49.7 Å². The fourth-order valence-corrected chi connectivity index (χ4v) is 4.76. The molecule has 1 fully saturated rings. The second-order valence-electron chi connectivity index (χ2n) is 7.64. The normalized spacial score (nSPS) is 27.2. The Morgan fingerprint density at radius 3 is 2.31 bits per heavy atom. The van der Waals surface area contributed by atoms with Gasteiger partial charge in [0.15, 0.2) is 5.44 Å². The molecular weight excluding hydrogens is 412 g/mol. The molecule has 5 nitrogen and oxygen atoms in total. The minimum atomic E-state index is -1.39. The zero-order valence-corrected chi connectivity index (χ0v) is 18.0. The second kappa shape index (κ2) is 9.69. The van der Waals surface area contributed by atoms with Crippen LogP contribution in [0.25, 0.3) is 0 Å². The van der Waals surface area contributed by atoms with Crippen LogP contribution in [0.1, 0.15) is 36.5 Å². The van der Waals surface area contributed by atoms with E-state index in [0.29, 0.717) is 23.1 Å². The van der Waals surface area contributed by atoms with Crippen molar-refractivity contribution in [2.45, 2.75) is 55.2 Å². The van der Waals surface area contributed by atoms with Gasteiger partial charge in [0, 0.05) is 17.0 Å². The maximum atomic E-state index is 10.3. The predicted molar refractivity (Wildman–Crippen MR) is 116 cm³/mol. The summed E-state index contributed by atoms with van der Waals surface area (Å²) in [6.07, 6.45) is -3.30. The van der Waals surface area contributed by atoms with Crippen LogP contribution in [-0.4, -0.2) is 56.0 Å². The molecule has 5 atom stereocenters. The van der Waals surface area contributed by atoms with Crippen LogP contribution in [0.2, 0.25) is 5.02 Å². The summed E-state index contributed by atoms with van der Waals surface area (Å²) in [4.78, 5) is 0. The van der Waals surface area contributed by atoms with Gasteiger partial charge >= 0.3 is 0 Å². The number of rotatable bonds is 6. The number of ether oxygens (including phenoxy) is 1. The molecule has 4 N–H and O–H groups in total. The third-order valence-electron chi connectivity index (χ3n) is 5.16.